The summed E-state index contributed by atoms with van der Waals surface area (Å²) in [5.74, 6) is 6.22. The lowest BCUT2D eigenvalue weighted by atomic mass is 9.97. The van der Waals surface area contributed by atoms with Crippen molar-refractivity contribution >= 4 is 15.9 Å². The summed E-state index contributed by atoms with van der Waals surface area (Å²) < 4.78 is 5.22. The second kappa shape index (κ2) is 4.51. The lowest BCUT2D eigenvalue weighted by molar-refractivity contribution is 0.414. The number of halogens is 1. The Morgan fingerprint density at radius 1 is 1.16 bits per heavy atom. The molecule has 19 heavy (non-hydrogen) atoms. The van der Waals surface area contributed by atoms with Crippen LogP contribution >= 0.6 is 15.9 Å². The van der Waals surface area contributed by atoms with Crippen molar-refractivity contribution in [2.45, 2.75) is 30.5 Å². The minimum atomic E-state index is 0.680. The molecule has 0 saturated heterocycles. The summed E-state index contributed by atoms with van der Waals surface area (Å²) >= 11 is 3.98. The van der Waals surface area contributed by atoms with Crippen LogP contribution in [0, 0.1) is 29.6 Å². The van der Waals surface area contributed by atoms with Crippen LogP contribution in [0.1, 0.15) is 24.8 Å². The van der Waals surface area contributed by atoms with Crippen LogP contribution in [0.15, 0.2) is 24.3 Å². The maximum atomic E-state index is 5.22. The molecule has 3 aliphatic rings. The molecule has 0 heterocycles. The summed E-state index contributed by atoms with van der Waals surface area (Å²) in [6.07, 6.45) is 5.75. The van der Waals surface area contributed by atoms with Crippen molar-refractivity contribution in [3.05, 3.63) is 29.8 Å². The summed E-state index contributed by atoms with van der Waals surface area (Å²) in [6, 6.07) is 8.57. The van der Waals surface area contributed by atoms with E-state index in [4.69, 9.17) is 4.74 Å². The quantitative estimate of drug-likeness (QED) is 0.752. The van der Waals surface area contributed by atoms with Gasteiger partial charge in [-0.3, -0.25) is 0 Å². The predicted molar refractivity (Wildman–Crippen MR) is 80.7 cm³/mol. The Labute approximate surface area is 123 Å². The van der Waals surface area contributed by atoms with Crippen LogP contribution in [0.2, 0.25) is 0 Å². The van der Waals surface area contributed by atoms with Crippen LogP contribution in [0.3, 0.4) is 0 Å². The van der Waals surface area contributed by atoms with Crippen LogP contribution in [0.25, 0.3) is 0 Å². The molecule has 3 fully saturated rings. The molecule has 0 spiro atoms. The SMILES string of the molecule is COc1ccc(CC(Br)C2C3C4CCC(C4)C23)cc1. The second-order valence-electron chi connectivity index (χ2n) is 6.63. The van der Waals surface area contributed by atoms with Gasteiger partial charge in [0.15, 0.2) is 0 Å². The number of fused-ring (bicyclic) bond motifs is 5. The Kier molecular flexibility index (Phi) is 2.91. The monoisotopic (exact) mass is 320 g/mol. The highest BCUT2D eigenvalue weighted by Gasteiger charge is 2.66. The van der Waals surface area contributed by atoms with Crippen molar-refractivity contribution in [2.75, 3.05) is 7.11 Å². The fourth-order valence-corrected chi connectivity index (χ4v) is 6.08. The average Bonchev–Trinajstić information content (AvgIpc) is 2.89. The van der Waals surface area contributed by atoms with Crippen LogP contribution < -0.4 is 4.74 Å². The van der Waals surface area contributed by atoms with Gasteiger partial charge in [0.2, 0.25) is 0 Å². The van der Waals surface area contributed by atoms with Crippen molar-refractivity contribution in [1.82, 2.24) is 0 Å². The maximum Gasteiger partial charge on any atom is 0.118 e. The minimum Gasteiger partial charge on any atom is -0.497 e. The van der Waals surface area contributed by atoms with Crippen molar-refractivity contribution in [3.63, 3.8) is 0 Å². The van der Waals surface area contributed by atoms with Gasteiger partial charge in [-0.05, 0) is 73.0 Å². The molecular weight excluding hydrogens is 300 g/mol. The number of methoxy groups -OCH3 is 1. The van der Waals surface area contributed by atoms with E-state index in [2.05, 4.69) is 40.2 Å². The number of rotatable bonds is 4. The summed E-state index contributed by atoms with van der Waals surface area (Å²) in [5, 5.41) is 0. The first-order valence-electron chi connectivity index (χ1n) is 7.55. The Bertz CT molecular complexity index is 453. The molecular formula is C17H21BrO. The van der Waals surface area contributed by atoms with Gasteiger partial charge in [0, 0.05) is 4.83 Å². The third-order valence-corrected chi connectivity index (χ3v) is 6.74. The van der Waals surface area contributed by atoms with Crippen molar-refractivity contribution in [2.24, 2.45) is 29.6 Å². The Morgan fingerprint density at radius 3 is 2.37 bits per heavy atom. The van der Waals surface area contributed by atoms with E-state index >= 15 is 0 Å². The number of benzene rings is 1. The van der Waals surface area contributed by atoms with Gasteiger partial charge >= 0.3 is 0 Å². The van der Waals surface area contributed by atoms with E-state index in [0.717, 1.165) is 35.3 Å². The van der Waals surface area contributed by atoms with Crippen LogP contribution in [-0.2, 0) is 6.42 Å². The lowest BCUT2D eigenvalue weighted by Gasteiger charge is -2.15. The summed E-state index contributed by atoms with van der Waals surface area (Å²) in [5.41, 5.74) is 1.43. The number of hydrogen-bond acceptors (Lipinski definition) is 1. The lowest BCUT2D eigenvalue weighted by Crippen LogP contribution is -2.12. The topological polar surface area (TPSA) is 9.23 Å². The Balaban J connectivity index is 1.41. The number of ether oxygens (including phenoxy) is 1. The highest BCUT2D eigenvalue weighted by molar-refractivity contribution is 9.09. The van der Waals surface area contributed by atoms with Gasteiger partial charge in [0.1, 0.15) is 5.75 Å². The van der Waals surface area contributed by atoms with Gasteiger partial charge < -0.3 is 4.74 Å². The molecule has 0 amide bonds. The molecule has 0 radical (unpaired) electrons. The normalized spacial score (nSPS) is 40.0. The largest absolute Gasteiger partial charge is 0.497 e. The zero-order valence-electron chi connectivity index (χ0n) is 11.4. The van der Waals surface area contributed by atoms with E-state index in [0.29, 0.717) is 4.83 Å². The predicted octanol–water partition coefficient (Wildman–Crippen LogP) is 4.29. The molecule has 1 aromatic rings. The molecule has 1 nitrogen and oxygen atoms in total. The van der Waals surface area contributed by atoms with E-state index in [-0.39, 0.29) is 0 Å². The third kappa shape index (κ3) is 1.94. The molecule has 5 atom stereocenters. The van der Waals surface area contributed by atoms with Gasteiger partial charge in [-0.1, -0.05) is 28.1 Å². The smallest absolute Gasteiger partial charge is 0.118 e. The third-order valence-electron chi connectivity index (χ3n) is 5.80. The Hall–Kier alpha value is -0.500. The Morgan fingerprint density at radius 2 is 1.79 bits per heavy atom. The molecule has 1 aromatic carbocycles. The van der Waals surface area contributed by atoms with Crippen molar-refractivity contribution in [1.29, 1.82) is 0 Å². The fraction of sp³-hybridized carbons (Fsp3) is 0.647. The first-order chi connectivity index (χ1) is 9.28. The summed E-state index contributed by atoms with van der Waals surface area (Å²) in [7, 11) is 1.73. The second-order valence-corrected chi connectivity index (χ2v) is 7.81. The van der Waals surface area contributed by atoms with Gasteiger partial charge in [0.25, 0.3) is 0 Å². The summed E-state index contributed by atoms with van der Waals surface area (Å²) in [4.78, 5) is 0.680. The number of alkyl halides is 1. The van der Waals surface area contributed by atoms with Crippen LogP contribution in [0.5, 0.6) is 5.75 Å². The van der Waals surface area contributed by atoms with Crippen LogP contribution in [0.4, 0.5) is 0 Å². The minimum absolute atomic E-state index is 0.680. The molecule has 0 N–H and O–H groups in total. The molecule has 0 aromatic heterocycles. The van der Waals surface area contributed by atoms with Gasteiger partial charge in [-0.25, -0.2) is 0 Å². The van der Waals surface area contributed by atoms with E-state index in [1.54, 1.807) is 13.5 Å². The van der Waals surface area contributed by atoms with Gasteiger partial charge in [0.05, 0.1) is 7.11 Å². The average molecular weight is 321 g/mol. The van der Waals surface area contributed by atoms with Gasteiger partial charge in [-0.15, -0.1) is 0 Å². The summed E-state index contributed by atoms with van der Waals surface area (Å²) in [6.45, 7) is 0. The molecule has 2 bridgehead atoms. The first kappa shape index (κ1) is 12.3. The fourth-order valence-electron chi connectivity index (χ4n) is 5.00. The molecule has 0 aliphatic heterocycles. The van der Waals surface area contributed by atoms with E-state index < -0.39 is 0 Å². The van der Waals surface area contributed by atoms with Crippen molar-refractivity contribution < 1.29 is 4.74 Å². The number of hydrogen-bond donors (Lipinski definition) is 0. The zero-order valence-corrected chi connectivity index (χ0v) is 13.0. The standard InChI is InChI=1S/C17H21BrO/c1-19-13-6-2-10(3-7-13)8-14(18)17-15-11-4-5-12(9-11)16(15)17/h2-3,6-7,11-12,14-17H,4-5,8-9H2,1H3. The highest BCUT2D eigenvalue weighted by Crippen LogP contribution is 2.71. The first-order valence-corrected chi connectivity index (χ1v) is 8.46. The van der Waals surface area contributed by atoms with Gasteiger partial charge in [-0.2, -0.15) is 0 Å². The molecule has 3 aliphatic carbocycles. The van der Waals surface area contributed by atoms with Crippen LogP contribution in [-0.4, -0.2) is 11.9 Å². The van der Waals surface area contributed by atoms with E-state index in [9.17, 15) is 0 Å². The highest BCUT2D eigenvalue weighted by atomic mass is 79.9. The molecule has 3 saturated carbocycles. The zero-order chi connectivity index (χ0) is 13.0. The molecule has 5 unspecified atom stereocenters. The molecule has 2 heteroatoms. The molecule has 102 valence electrons. The molecule has 4 rings (SSSR count). The maximum absolute atomic E-state index is 5.22. The van der Waals surface area contributed by atoms with E-state index in [1.165, 1.54) is 24.8 Å². The van der Waals surface area contributed by atoms with Crippen molar-refractivity contribution in [3.8, 4) is 5.75 Å². The van der Waals surface area contributed by atoms with E-state index in [1.807, 2.05) is 0 Å².